The minimum absolute atomic E-state index is 0.201. The molecule has 0 atom stereocenters. The van der Waals surface area contributed by atoms with Crippen molar-refractivity contribution in [2.45, 2.75) is 6.92 Å². The van der Waals surface area contributed by atoms with E-state index in [2.05, 4.69) is 0 Å². The van der Waals surface area contributed by atoms with Crippen molar-refractivity contribution < 1.29 is 14.3 Å². The zero-order chi connectivity index (χ0) is 15.6. The molecule has 110 valence electrons. The summed E-state index contributed by atoms with van der Waals surface area (Å²) in [6.07, 6.45) is 0. The lowest BCUT2D eigenvalue weighted by molar-refractivity contribution is 0.103. The van der Waals surface area contributed by atoms with E-state index in [1.54, 1.807) is 37.4 Å². The highest BCUT2D eigenvalue weighted by Crippen LogP contribution is 2.32. The van der Waals surface area contributed by atoms with Crippen molar-refractivity contribution in [2.24, 2.45) is 0 Å². The summed E-state index contributed by atoms with van der Waals surface area (Å²) in [5.74, 6) is 0.867. The maximum Gasteiger partial charge on any atom is 0.195 e. The van der Waals surface area contributed by atoms with E-state index in [0.717, 1.165) is 5.56 Å². The molecule has 5 heteroatoms. The summed E-state index contributed by atoms with van der Waals surface area (Å²) in [5.41, 5.74) is 7.91. The zero-order valence-corrected chi connectivity index (χ0v) is 12.8. The minimum Gasteiger partial charge on any atom is -0.493 e. The number of carbonyl (C=O) groups is 1. The molecule has 0 bridgehead atoms. The molecule has 0 aliphatic rings. The molecule has 2 aromatic carbocycles. The second kappa shape index (κ2) is 6.06. The van der Waals surface area contributed by atoms with Gasteiger partial charge >= 0.3 is 0 Å². The van der Waals surface area contributed by atoms with Crippen molar-refractivity contribution in [1.29, 1.82) is 0 Å². The smallest absolute Gasteiger partial charge is 0.195 e. The first-order valence-corrected chi connectivity index (χ1v) is 6.68. The van der Waals surface area contributed by atoms with Crippen LogP contribution >= 0.6 is 11.6 Å². The van der Waals surface area contributed by atoms with Crippen molar-refractivity contribution in [2.75, 3.05) is 20.0 Å². The topological polar surface area (TPSA) is 61.5 Å². The van der Waals surface area contributed by atoms with E-state index >= 15 is 0 Å². The van der Waals surface area contributed by atoms with E-state index in [1.165, 1.54) is 7.11 Å². The first kappa shape index (κ1) is 15.2. The highest BCUT2D eigenvalue weighted by atomic mass is 35.5. The lowest BCUT2D eigenvalue weighted by Crippen LogP contribution is -2.08. The molecule has 0 unspecified atom stereocenters. The average Bonchev–Trinajstić information content (AvgIpc) is 2.48. The molecular formula is C16H16ClNO3. The van der Waals surface area contributed by atoms with E-state index in [4.69, 9.17) is 26.8 Å². The van der Waals surface area contributed by atoms with Crippen LogP contribution in [0.4, 0.5) is 5.69 Å². The molecule has 0 fully saturated rings. The van der Waals surface area contributed by atoms with Crippen molar-refractivity contribution in [3.8, 4) is 11.5 Å². The number of anilines is 1. The Morgan fingerprint density at radius 3 is 2.29 bits per heavy atom. The van der Waals surface area contributed by atoms with E-state index in [1.807, 2.05) is 6.92 Å². The molecule has 0 spiro atoms. The number of rotatable bonds is 4. The number of halogens is 1. The molecule has 2 N–H and O–H groups in total. The average molecular weight is 306 g/mol. The van der Waals surface area contributed by atoms with Gasteiger partial charge in [-0.15, -0.1) is 0 Å². The number of carbonyl (C=O) groups excluding carboxylic acids is 1. The maximum atomic E-state index is 12.7. The fourth-order valence-corrected chi connectivity index (χ4v) is 2.27. The predicted octanol–water partition coefficient (Wildman–Crippen LogP) is 3.48. The van der Waals surface area contributed by atoms with Gasteiger partial charge in [-0.2, -0.15) is 0 Å². The molecule has 0 aliphatic heterocycles. The number of nitrogens with two attached hydrogens (primary N) is 1. The van der Waals surface area contributed by atoms with Gasteiger partial charge in [0, 0.05) is 21.8 Å². The third-order valence-corrected chi connectivity index (χ3v) is 3.47. The molecule has 0 aliphatic carbocycles. The number of ether oxygens (including phenoxy) is 2. The van der Waals surface area contributed by atoms with Crippen molar-refractivity contribution in [3.63, 3.8) is 0 Å². The Hall–Kier alpha value is -2.20. The van der Waals surface area contributed by atoms with Gasteiger partial charge in [0.15, 0.2) is 17.3 Å². The van der Waals surface area contributed by atoms with Crippen LogP contribution in [-0.4, -0.2) is 20.0 Å². The maximum absolute atomic E-state index is 12.7. The fraction of sp³-hybridized carbons (Fsp3) is 0.188. The highest BCUT2D eigenvalue weighted by molar-refractivity contribution is 6.31. The van der Waals surface area contributed by atoms with Gasteiger partial charge in [-0.05, 0) is 42.8 Å². The van der Waals surface area contributed by atoms with E-state index < -0.39 is 0 Å². The Morgan fingerprint density at radius 1 is 1.05 bits per heavy atom. The van der Waals surface area contributed by atoms with Gasteiger partial charge < -0.3 is 15.2 Å². The van der Waals surface area contributed by atoms with Crippen molar-refractivity contribution in [3.05, 3.63) is 52.0 Å². The molecule has 0 amide bonds. The molecule has 2 aromatic rings. The molecule has 2 rings (SSSR count). The number of benzene rings is 2. The second-order valence-electron chi connectivity index (χ2n) is 4.58. The number of ketones is 1. The number of aryl methyl sites for hydroxylation is 1. The Morgan fingerprint density at radius 2 is 1.67 bits per heavy atom. The molecule has 0 saturated heterocycles. The molecule has 0 radical (unpaired) electrons. The molecule has 21 heavy (non-hydrogen) atoms. The SMILES string of the molecule is COc1cc(C)c(C(=O)c2cc(Cl)ccc2N)cc1OC. The summed E-state index contributed by atoms with van der Waals surface area (Å²) in [5, 5.41) is 0.464. The number of hydrogen-bond acceptors (Lipinski definition) is 4. The van der Waals surface area contributed by atoms with Gasteiger partial charge in [0.1, 0.15) is 0 Å². The number of methoxy groups -OCH3 is 2. The Labute approximate surface area is 128 Å². The third-order valence-electron chi connectivity index (χ3n) is 3.24. The lowest BCUT2D eigenvalue weighted by atomic mass is 9.97. The van der Waals surface area contributed by atoms with Crippen LogP contribution in [-0.2, 0) is 0 Å². The summed E-state index contributed by atoms with van der Waals surface area (Å²) in [7, 11) is 3.07. The van der Waals surface area contributed by atoms with Gasteiger partial charge in [-0.3, -0.25) is 4.79 Å². The lowest BCUT2D eigenvalue weighted by Gasteiger charge is -2.13. The van der Waals surface area contributed by atoms with Crippen LogP contribution in [0.3, 0.4) is 0 Å². The van der Waals surface area contributed by atoms with Crippen LogP contribution in [0.25, 0.3) is 0 Å². The number of nitrogen functional groups attached to an aromatic ring is 1. The summed E-state index contributed by atoms with van der Waals surface area (Å²) >= 11 is 5.94. The Balaban J connectivity index is 2.55. The van der Waals surface area contributed by atoms with Gasteiger partial charge in [0.25, 0.3) is 0 Å². The predicted molar refractivity (Wildman–Crippen MR) is 83.6 cm³/mol. The Bertz CT molecular complexity index is 698. The van der Waals surface area contributed by atoms with E-state index in [0.29, 0.717) is 33.3 Å². The quantitative estimate of drug-likeness (QED) is 0.694. The Kier molecular flexibility index (Phi) is 4.38. The van der Waals surface area contributed by atoms with Crippen LogP contribution in [0.2, 0.25) is 5.02 Å². The molecule has 0 heterocycles. The zero-order valence-electron chi connectivity index (χ0n) is 12.1. The minimum atomic E-state index is -0.201. The third kappa shape index (κ3) is 2.95. The van der Waals surface area contributed by atoms with Gasteiger partial charge in [0.2, 0.25) is 0 Å². The summed E-state index contributed by atoms with van der Waals surface area (Å²) in [6, 6.07) is 8.24. The highest BCUT2D eigenvalue weighted by Gasteiger charge is 2.18. The van der Waals surface area contributed by atoms with Crippen LogP contribution in [0, 0.1) is 6.92 Å². The molecule has 4 nitrogen and oxygen atoms in total. The first-order chi connectivity index (χ1) is 9.97. The number of hydrogen-bond donors (Lipinski definition) is 1. The summed E-state index contributed by atoms with van der Waals surface area (Å²) in [6.45, 7) is 1.83. The van der Waals surface area contributed by atoms with E-state index in [-0.39, 0.29) is 5.78 Å². The second-order valence-corrected chi connectivity index (χ2v) is 5.02. The van der Waals surface area contributed by atoms with Crippen LogP contribution in [0.5, 0.6) is 11.5 Å². The first-order valence-electron chi connectivity index (χ1n) is 6.30. The van der Waals surface area contributed by atoms with Gasteiger partial charge in [-0.25, -0.2) is 0 Å². The van der Waals surface area contributed by atoms with Gasteiger partial charge in [0.05, 0.1) is 14.2 Å². The molecule has 0 aromatic heterocycles. The largest absolute Gasteiger partial charge is 0.493 e. The van der Waals surface area contributed by atoms with Crippen LogP contribution < -0.4 is 15.2 Å². The van der Waals surface area contributed by atoms with Crippen molar-refractivity contribution in [1.82, 2.24) is 0 Å². The summed E-state index contributed by atoms with van der Waals surface area (Å²) < 4.78 is 10.5. The van der Waals surface area contributed by atoms with Crippen molar-refractivity contribution >= 4 is 23.1 Å². The van der Waals surface area contributed by atoms with Crippen LogP contribution in [0.1, 0.15) is 21.5 Å². The normalized spacial score (nSPS) is 10.3. The fourth-order valence-electron chi connectivity index (χ4n) is 2.10. The van der Waals surface area contributed by atoms with E-state index in [9.17, 15) is 4.79 Å². The molecular weight excluding hydrogens is 290 g/mol. The standard InChI is InChI=1S/C16H16ClNO3/c1-9-6-14(20-2)15(21-3)8-11(9)16(19)12-7-10(17)4-5-13(12)18/h4-8H,18H2,1-3H3. The van der Waals surface area contributed by atoms with Gasteiger partial charge in [-0.1, -0.05) is 11.6 Å². The molecule has 0 saturated carbocycles. The van der Waals surface area contributed by atoms with Crippen LogP contribution in [0.15, 0.2) is 30.3 Å². The summed E-state index contributed by atoms with van der Waals surface area (Å²) in [4.78, 5) is 12.7. The monoisotopic (exact) mass is 305 g/mol.